The Balaban J connectivity index is 1.33. The molecule has 10 nitrogen and oxygen atoms in total. The summed E-state index contributed by atoms with van der Waals surface area (Å²) in [6.07, 6.45) is 7.79. The zero-order valence-electron chi connectivity index (χ0n) is 24.7. The minimum atomic E-state index is -0.278. The predicted octanol–water partition coefficient (Wildman–Crippen LogP) is 3.71. The number of rotatable bonds is 9. The first-order valence-electron chi connectivity index (χ1n) is 14.9. The van der Waals surface area contributed by atoms with Crippen LogP contribution in [0.4, 0.5) is 15.9 Å². The van der Waals surface area contributed by atoms with Crippen LogP contribution in [0, 0.1) is 12.4 Å². The van der Waals surface area contributed by atoms with Gasteiger partial charge in [-0.15, -0.1) is 0 Å². The van der Waals surface area contributed by atoms with Gasteiger partial charge in [-0.1, -0.05) is 18.7 Å². The molecule has 224 valence electrons. The smallest absolute Gasteiger partial charge is 0.318 e. The zero-order chi connectivity index (χ0) is 30.1. The summed E-state index contributed by atoms with van der Waals surface area (Å²) in [5.41, 5.74) is 2.58. The highest BCUT2D eigenvalue weighted by molar-refractivity contribution is 5.94. The van der Waals surface area contributed by atoms with Crippen molar-refractivity contribution in [2.75, 3.05) is 56.2 Å². The van der Waals surface area contributed by atoms with E-state index in [1.807, 2.05) is 6.07 Å². The Morgan fingerprint density at radius 1 is 1.26 bits per heavy atom. The Morgan fingerprint density at radius 3 is 2.86 bits per heavy atom. The van der Waals surface area contributed by atoms with Gasteiger partial charge in [-0.2, -0.15) is 9.97 Å². The standard InChI is InChI=1S/C32H37FN8O2/c1-5-29(42)41-14-13-40(18-24(41)16-34-3)31-25-11-12-39(28-17-35-15-22-7-6-8-26(33)30(22)28)19-27(25)36-32(37-31)43-20-21(2)38(4)23-9-10-23/h5-8,15,17,21,23-24H,1,9-14,16,18-20H2,2,4H3/t21-,24+/m1/s1. The number of fused-ring (bicyclic) bond motifs is 2. The molecule has 0 spiro atoms. The van der Waals surface area contributed by atoms with Crippen molar-refractivity contribution in [1.29, 1.82) is 0 Å². The summed E-state index contributed by atoms with van der Waals surface area (Å²) in [6.45, 7) is 16.5. The average Bonchev–Trinajstić information content (AvgIpc) is 3.88. The Bertz CT molecular complexity index is 1570. The number of halogens is 1. The van der Waals surface area contributed by atoms with Crippen LogP contribution in [0.15, 0.2) is 43.2 Å². The lowest BCUT2D eigenvalue weighted by molar-refractivity contribution is -0.128. The summed E-state index contributed by atoms with van der Waals surface area (Å²) >= 11 is 0. The lowest BCUT2D eigenvalue weighted by Crippen LogP contribution is -2.56. The Kier molecular flexibility index (Phi) is 8.13. The molecule has 1 amide bonds. The van der Waals surface area contributed by atoms with Crippen molar-refractivity contribution in [2.45, 2.75) is 50.9 Å². The van der Waals surface area contributed by atoms with Crippen molar-refractivity contribution >= 4 is 28.2 Å². The van der Waals surface area contributed by atoms with Crippen LogP contribution in [0.3, 0.4) is 0 Å². The number of anilines is 2. The third kappa shape index (κ3) is 5.84. The second-order valence-electron chi connectivity index (χ2n) is 11.7. The number of hydrogen-bond acceptors (Lipinski definition) is 8. The first kappa shape index (κ1) is 28.8. The molecule has 2 atom stereocenters. The average molecular weight is 585 g/mol. The highest BCUT2D eigenvalue weighted by atomic mass is 19.1. The summed E-state index contributed by atoms with van der Waals surface area (Å²) in [7, 11) is 2.13. The molecule has 0 bridgehead atoms. The predicted molar refractivity (Wildman–Crippen MR) is 164 cm³/mol. The number of ether oxygens (including phenoxy) is 1. The molecule has 2 fully saturated rings. The van der Waals surface area contributed by atoms with Crippen molar-refractivity contribution < 1.29 is 13.9 Å². The van der Waals surface area contributed by atoms with Gasteiger partial charge in [0, 0.05) is 60.8 Å². The third-order valence-corrected chi connectivity index (χ3v) is 8.89. The lowest BCUT2D eigenvalue weighted by Gasteiger charge is -2.41. The zero-order valence-corrected chi connectivity index (χ0v) is 24.7. The van der Waals surface area contributed by atoms with E-state index < -0.39 is 0 Å². The fourth-order valence-corrected chi connectivity index (χ4v) is 6.20. The molecule has 0 radical (unpaired) electrons. The number of carbonyl (C=O) groups is 1. The van der Waals surface area contributed by atoms with E-state index >= 15 is 4.39 Å². The monoisotopic (exact) mass is 584 g/mol. The van der Waals surface area contributed by atoms with E-state index in [2.05, 4.69) is 45.1 Å². The second-order valence-corrected chi connectivity index (χ2v) is 11.7. The van der Waals surface area contributed by atoms with Crippen LogP contribution >= 0.6 is 0 Å². The fourth-order valence-electron chi connectivity index (χ4n) is 6.20. The highest BCUT2D eigenvalue weighted by Gasteiger charge is 2.35. The lowest BCUT2D eigenvalue weighted by atomic mass is 10.0. The number of amides is 1. The summed E-state index contributed by atoms with van der Waals surface area (Å²) in [6, 6.07) is 5.89. The van der Waals surface area contributed by atoms with Crippen LogP contribution in [-0.2, 0) is 17.8 Å². The Morgan fingerprint density at radius 2 is 2.09 bits per heavy atom. The van der Waals surface area contributed by atoms with Gasteiger partial charge in [-0.25, -0.2) is 11.0 Å². The van der Waals surface area contributed by atoms with Crippen molar-refractivity contribution in [3.8, 4) is 6.01 Å². The van der Waals surface area contributed by atoms with Gasteiger partial charge >= 0.3 is 6.01 Å². The topological polar surface area (TPSA) is 82.3 Å². The normalized spacial score (nSPS) is 19.2. The second kappa shape index (κ2) is 12.1. The molecule has 6 rings (SSSR count). The van der Waals surface area contributed by atoms with Gasteiger partial charge < -0.3 is 24.3 Å². The summed E-state index contributed by atoms with van der Waals surface area (Å²) < 4.78 is 21.3. The maximum Gasteiger partial charge on any atom is 0.318 e. The molecular formula is C32H37FN8O2. The van der Waals surface area contributed by atoms with Crippen LogP contribution in [0.5, 0.6) is 6.01 Å². The summed E-state index contributed by atoms with van der Waals surface area (Å²) in [5, 5.41) is 1.30. The quantitative estimate of drug-likeness (QED) is 0.278. The molecule has 1 aromatic carbocycles. The first-order valence-corrected chi connectivity index (χ1v) is 14.9. The van der Waals surface area contributed by atoms with Crippen LogP contribution in [0.25, 0.3) is 15.6 Å². The van der Waals surface area contributed by atoms with Gasteiger partial charge in [0.1, 0.15) is 24.3 Å². The number of carbonyl (C=O) groups excluding carboxylic acids is 1. The fraction of sp³-hybridized carbons (Fsp3) is 0.469. The van der Waals surface area contributed by atoms with Gasteiger partial charge in [0.05, 0.1) is 24.1 Å². The number of piperazine rings is 1. The van der Waals surface area contributed by atoms with Crippen LogP contribution in [-0.4, -0.2) is 95.2 Å². The minimum Gasteiger partial charge on any atom is -0.462 e. The van der Waals surface area contributed by atoms with Crippen molar-refractivity contribution in [2.24, 2.45) is 0 Å². The maximum atomic E-state index is 15.0. The SMILES string of the molecule is [C-]#[N+]C[C@H]1CN(c2nc(OC[C@@H](C)N(C)C3CC3)nc3c2CCN(c2cncc4cccc(F)c24)C3)CCN1C(=O)C=C. The Labute approximate surface area is 251 Å². The summed E-state index contributed by atoms with van der Waals surface area (Å²) in [4.78, 5) is 38.7. The van der Waals surface area contributed by atoms with Gasteiger partial charge in [0.2, 0.25) is 12.5 Å². The maximum absolute atomic E-state index is 15.0. The van der Waals surface area contributed by atoms with Gasteiger partial charge in [-0.05, 0) is 45.4 Å². The molecular weight excluding hydrogens is 547 g/mol. The number of aromatic nitrogens is 3. The van der Waals surface area contributed by atoms with E-state index in [1.165, 1.54) is 25.0 Å². The third-order valence-electron chi connectivity index (χ3n) is 8.89. The van der Waals surface area contributed by atoms with Crippen LogP contribution in [0.1, 0.15) is 31.0 Å². The highest BCUT2D eigenvalue weighted by Crippen LogP contribution is 2.35. The van der Waals surface area contributed by atoms with Crippen molar-refractivity contribution in [3.05, 3.63) is 71.7 Å². The molecule has 2 aliphatic heterocycles. The molecule has 1 aliphatic carbocycles. The summed E-state index contributed by atoms with van der Waals surface area (Å²) in [5.74, 6) is 0.341. The van der Waals surface area contributed by atoms with Crippen molar-refractivity contribution in [1.82, 2.24) is 24.8 Å². The first-order chi connectivity index (χ1) is 20.9. The Hall–Kier alpha value is -4.30. The van der Waals surface area contributed by atoms with E-state index in [9.17, 15) is 4.79 Å². The molecule has 4 heterocycles. The van der Waals surface area contributed by atoms with E-state index in [-0.39, 0.29) is 30.4 Å². The van der Waals surface area contributed by atoms with Gasteiger partial charge in [0.25, 0.3) is 0 Å². The molecule has 0 N–H and O–H groups in total. The minimum absolute atomic E-state index is 0.164. The van der Waals surface area contributed by atoms with E-state index in [4.69, 9.17) is 21.3 Å². The molecule has 2 aromatic heterocycles. The molecule has 1 saturated heterocycles. The van der Waals surface area contributed by atoms with Crippen LogP contribution in [0.2, 0.25) is 0 Å². The molecule has 43 heavy (non-hydrogen) atoms. The number of benzene rings is 1. The number of nitrogens with zero attached hydrogens (tertiary/aromatic N) is 8. The molecule has 3 aromatic rings. The number of pyridine rings is 1. The van der Waals surface area contributed by atoms with Gasteiger partial charge in [-0.3, -0.25) is 14.7 Å². The van der Waals surface area contributed by atoms with E-state index in [1.54, 1.807) is 23.4 Å². The van der Waals surface area contributed by atoms with Crippen molar-refractivity contribution in [3.63, 3.8) is 0 Å². The van der Waals surface area contributed by atoms with Crippen LogP contribution < -0.4 is 14.5 Å². The van der Waals surface area contributed by atoms with E-state index in [0.29, 0.717) is 63.2 Å². The number of hydrogen-bond donors (Lipinski definition) is 0. The van der Waals surface area contributed by atoms with Gasteiger partial charge in [0.15, 0.2) is 0 Å². The molecule has 11 heteroatoms. The number of likely N-dealkylation sites (N-methyl/N-ethyl adjacent to an activating group) is 1. The molecule has 1 saturated carbocycles. The van der Waals surface area contributed by atoms with E-state index in [0.717, 1.165) is 28.1 Å². The molecule has 0 unspecified atom stereocenters. The molecule has 3 aliphatic rings. The largest absolute Gasteiger partial charge is 0.462 e.